The molecule has 0 spiro atoms. The van der Waals surface area contributed by atoms with Crippen LogP contribution >= 0.6 is 0 Å². The highest BCUT2D eigenvalue weighted by Gasteiger charge is 2.07. The van der Waals surface area contributed by atoms with Crippen LogP contribution in [0.4, 0.5) is 0 Å². The lowest BCUT2D eigenvalue weighted by molar-refractivity contribution is 0.141. The van der Waals surface area contributed by atoms with Crippen molar-refractivity contribution in [2.75, 3.05) is 13.7 Å². The van der Waals surface area contributed by atoms with Crippen LogP contribution in [-0.2, 0) is 11.3 Å². The Morgan fingerprint density at radius 2 is 2.07 bits per heavy atom. The number of ether oxygens (including phenoxy) is 1. The van der Waals surface area contributed by atoms with E-state index in [9.17, 15) is 0 Å². The molecule has 0 heterocycles. The zero-order chi connectivity index (χ0) is 11.3. The summed E-state index contributed by atoms with van der Waals surface area (Å²) < 4.78 is 5.36. The lowest BCUT2D eigenvalue weighted by atomic mass is 9.99. The van der Waals surface area contributed by atoms with Crippen molar-refractivity contribution in [2.45, 2.75) is 26.2 Å². The van der Waals surface area contributed by atoms with Gasteiger partial charge < -0.3 is 9.57 Å². The van der Waals surface area contributed by atoms with Gasteiger partial charge in [-0.1, -0.05) is 26.0 Å². The van der Waals surface area contributed by atoms with Crippen LogP contribution < -0.4 is 10.6 Å². The molecule has 1 rings (SSSR count). The number of methoxy groups -OCH3 is 1. The Morgan fingerprint density at radius 1 is 1.33 bits per heavy atom. The highest BCUT2D eigenvalue weighted by Crippen LogP contribution is 2.27. The summed E-state index contributed by atoms with van der Waals surface area (Å²) in [5.74, 6) is 6.41. The van der Waals surface area contributed by atoms with E-state index in [1.165, 1.54) is 11.1 Å². The lowest BCUT2D eigenvalue weighted by Gasteiger charge is -2.13. The van der Waals surface area contributed by atoms with Crippen LogP contribution in [0.15, 0.2) is 18.2 Å². The quantitative estimate of drug-likeness (QED) is 0.756. The summed E-state index contributed by atoms with van der Waals surface area (Å²) in [6, 6.07) is 6.25. The predicted octanol–water partition coefficient (Wildman–Crippen LogP) is 2.25. The Kier molecular flexibility index (Phi) is 4.59. The second-order valence-corrected chi connectivity index (χ2v) is 3.85. The molecule has 2 N–H and O–H groups in total. The van der Waals surface area contributed by atoms with E-state index in [0.717, 1.165) is 12.2 Å². The van der Waals surface area contributed by atoms with Crippen molar-refractivity contribution in [3.63, 3.8) is 0 Å². The fourth-order valence-corrected chi connectivity index (χ4v) is 1.56. The maximum absolute atomic E-state index is 5.36. The number of hydrogen-bond acceptors (Lipinski definition) is 3. The minimum Gasteiger partial charge on any atom is -0.496 e. The Balaban J connectivity index is 2.87. The first-order valence-corrected chi connectivity index (χ1v) is 5.17. The van der Waals surface area contributed by atoms with Crippen LogP contribution in [0.25, 0.3) is 0 Å². The van der Waals surface area contributed by atoms with Gasteiger partial charge in [-0.25, -0.2) is 5.90 Å². The Morgan fingerprint density at radius 3 is 2.60 bits per heavy atom. The maximum atomic E-state index is 5.36. The molecule has 1 aromatic rings. The van der Waals surface area contributed by atoms with E-state index in [0.29, 0.717) is 12.5 Å². The Labute approximate surface area is 91.1 Å². The standard InChI is InChI=1S/C12H19NO2/c1-9(2)11-5-4-10(6-7-15-13)8-12(11)14-3/h4-5,8-9H,6-7,13H2,1-3H3. The third-order valence-electron chi connectivity index (χ3n) is 2.43. The van der Waals surface area contributed by atoms with Crippen LogP contribution in [0, 0.1) is 0 Å². The molecule has 84 valence electrons. The van der Waals surface area contributed by atoms with Gasteiger partial charge in [0.25, 0.3) is 0 Å². The summed E-state index contributed by atoms with van der Waals surface area (Å²) in [6.07, 6.45) is 0.811. The maximum Gasteiger partial charge on any atom is 0.122 e. The number of hydrogen-bond donors (Lipinski definition) is 1. The van der Waals surface area contributed by atoms with E-state index in [1.807, 2.05) is 6.07 Å². The van der Waals surface area contributed by atoms with Gasteiger partial charge in [0.1, 0.15) is 5.75 Å². The topological polar surface area (TPSA) is 44.5 Å². The van der Waals surface area contributed by atoms with E-state index in [4.69, 9.17) is 10.6 Å². The molecule has 15 heavy (non-hydrogen) atoms. The molecule has 0 amide bonds. The second-order valence-electron chi connectivity index (χ2n) is 3.85. The molecule has 0 fully saturated rings. The first kappa shape index (κ1) is 12.0. The van der Waals surface area contributed by atoms with Crippen molar-refractivity contribution in [2.24, 2.45) is 5.90 Å². The van der Waals surface area contributed by atoms with E-state index in [2.05, 4.69) is 30.8 Å². The average molecular weight is 209 g/mol. The van der Waals surface area contributed by atoms with Crippen molar-refractivity contribution in [3.05, 3.63) is 29.3 Å². The van der Waals surface area contributed by atoms with Crippen molar-refractivity contribution in [1.82, 2.24) is 0 Å². The van der Waals surface area contributed by atoms with Gasteiger partial charge in [0.2, 0.25) is 0 Å². The van der Waals surface area contributed by atoms with Gasteiger partial charge >= 0.3 is 0 Å². The lowest BCUT2D eigenvalue weighted by Crippen LogP contribution is -2.04. The van der Waals surface area contributed by atoms with Gasteiger partial charge in [-0.2, -0.15) is 0 Å². The SMILES string of the molecule is COc1cc(CCON)ccc1C(C)C. The normalized spacial score (nSPS) is 10.7. The molecule has 0 aromatic heterocycles. The molecule has 0 radical (unpaired) electrons. The number of nitrogens with two attached hydrogens (primary N) is 1. The molecule has 0 aliphatic heterocycles. The van der Waals surface area contributed by atoms with Crippen LogP contribution in [0.1, 0.15) is 30.9 Å². The summed E-state index contributed by atoms with van der Waals surface area (Å²) in [7, 11) is 1.70. The summed E-state index contributed by atoms with van der Waals surface area (Å²) in [5.41, 5.74) is 2.41. The summed E-state index contributed by atoms with van der Waals surface area (Å²) in [4.78, 5) is 4.56. The monoisotopic (exact) mass is 209 g/mol. The summed E-state index contributed by atoms with van der Waals surface area (Å²) in [6.45, 7) is 4.84. The predicted molar refractivity (Wildman–Crippen MR) is 60.9 cm³/mol. The van der Waals surface area contributed by atoms with Crippen LogP contribution in [0.2, 0.25) is 0 Å². The van der Waals surface area contributed by atoms with E-state index >= 15 is 0 Å². The Bertz CT molecular complexity index is 310. The molecule has 1 aromatic carbocycles. The minimum atomic E-state index is 0.472. The zero-order valence-electron chi connectivity index (χ0n) is 9.62. The van der Waals surface area contributed by atoms with Gasteiger partial charge in [0.15, 0.2) is 0 Å². The molecular formula is C12H19NO2. The zero-order valence-corrected chi connectivity index (χ0v) is 9.62. The fraction of sp³-hybridized carbons (Fsp3) is 0.500. The molecular weight excluding hydrogens is 190 g/mol. The largest absolute Gasteiger partial charge is 0.496 e. The van der Waals surface area contributed by atoms with Crippen molar-refractivity contribution < 1.29 is 9.57 Å². The van der Waals surface area contributed by atoms with Crippen LogP contribution in [0.5, 0.6) is 5.75 Å². The second kappa shape index (κ2) is 5.73. The summed E-state index contributed by atoms with van der Waals surface area (Å²) >= 11 is 0. The average Bonchev–Trinajstić information content (AvgIpc) is 2.25. The molecule has 0 saturated heterocycles. The van der Waals surface area contributed by atoms with E-state index in [1.54, 1.807) is 7.11 Å². The van der Waals surface area contributed by atoms with Crippen molar-refractivity contribution in [3.8, 4) is 5.75 Å². The molecule has 3 nitrogen and oxygen atoms in total. The molecule has 0 aliphatic carbocycles. The fourth-order valence-electron chi connectivity index (χ4n) is 1.56. The molecule has 0 saturated carbocycles. The van der Waals surface area contributed by atoms with Crippen LogP contribution in [0.3, 0.4) is 0 Å². The summed E-state index contributed by atoms with van der Waals surface area (Å²) in [5, 5.41) is 0. The third-order valence-corrected chi connectivity index (χ3v) is 2.43. The molecule has 0 aliphatic rings. The Hall–Kier alpha value is -1.06. The van der Waals surface area contributed by atoms with Crippen LogP contribution in [-0.4, -0.2) is 13.7 Å². The molecule has 3 heteroatoms. The van der Waals surface area contributed by atoms with Gasteiger partial charge in [-0.3, -0.25) is 0 Å². The first-order valence-electron chi connectivity index (χ1n) is 5.17. The van der Waals surface area contributed by atoms with E-state index < -0.39 is 0 Å². The van der Waals surface area contributed by atoms with Crippen molar-refractivity contribution >= 4 is 0 Å². The smallest absolute Gasteiger partial charge is 0.122 e. The van der Waals surface area contributed by atoms with Gasteiger partial charge in [-0.05, 0) is 29.5 Å². The first-order chi connectivity index (χ1) is 7.19. The minimum absolute atomic E-state index is 0.472. The van der Waals surface area contributed by atoms with E-state index in [-0.39, 0.29) is 0 Å². The third kappa shape index (κ3) is 3.22. The molecule has 0 atom stereocenters. The van der Waals surface area contributed by atoms with Crippen molar-refractivity contribution in [1.29, 1.82) is 0 Å². The highest BCUT2D eigenvalue weighted by atomic mass is 16.6. The number of benzene rings is 1. The number of rotatable bonds is 5. The van der Waals surface area contributed by atoms with Gasteiger partial charge in [0.05, 0.1) is 13.7 Å². The van der Waals surface area contributed by atoms with Gasteiger partial charge in [0, 0.05) is 0 Å². The molecule has 0 bridgehead atoms. The van der Waals surface area contributed by atoms with Gasteiger partial charge in [-0.15, -0.1) is 0 Å². The highest BCUT2D eigenvalue weighted by molar-refractivity contribution is 5.39. The molecule has 0 unspecified atom stereocenters.